The molecule has 0 aliphatic carbocycles. The van der Waals surface area contributed by atoms with Crippen LogP contribution in [0.1, 0.15) is 37.9 Å². The zero-order valence-corrected chi connectivity index (χ0v) is 21.3. The first-order valence-corrected chi connectivity index (χ1v) is 13.0. The molecule has 0 saturated carbocycles. The zero-order chi connectivity index (χ0) is 23.0. The Kier molecular flexibility index (Phi) is 10.5. The van der Waals surface area contributed by atoms with Gasteiger partial charge in [0, 0.05) is 30.0 Å². The number of ether oxygens (including phenoxy) is 1. The predicted molar refractivity (Wildman–Crippen MR) is 138 cm³/mol. The second kappa shape index (κ2) is 12.8. The third kappa shape index (κ3) is 7.36. The van der Waals surface area contributed by atoms with Crippen molar-refractivity contribution in [1.82, 2.24) is 9.88 Å². The number of hydrogen-bond acceptors (Lipinski definition) is 4. The first-order valence-electron chi connectivity index (χ1n) is 11.3. The fourth-order valence-corrected chi connectivity index (χ4v) is 4.68. The van der Waals surface area contributed by atoms with Gasteiger partial charge in [-0.15, -0.1) is 12.4 Å². The molecule has 0 saturated heterocycles. The minimum Gasteiger partial charge on any atom is -0.496 e. The lowest BCUT2D eigenvalue weighted by molar-refractivity contribution is 0.262. The van der Waals surface area contributed by atoms with E-state index in [0.29, 0.717) is 10.6 Å². The minimum absolute atomic E-state index is 0. The normalized spacial score (nSPS) is 11.4. The van der Waals surface area contributed by atoms with Crippen molar-refractivity contribution in [2.24, 2.45) is 0 Å². The van der Waals surface area contributed by atoms with Crippen molar-refractivity contribution in [1.29, 1.82) is 0 Å². The second-order valence-corrected chi connectivity index (χ2v) is 10.3. The highest BCUT2D eigenvalue weighted by Crippen LogP contribution is 2.32. The Hall–Kier alpha value is -2.28. The standard InChI is InChI=1S/C26H34N2O3S.ClH/c1-4-6-17-28(18-16-21-10-8-7-9-11-21)20-22-12-14-25(27-22)24-19-23(32(29,30)5-2)13-15-26(24)31-3;/h7-15,19,27H,4-6,16-18,20H2,1-3H3;1H. The van der Waals surface area contributed by atoms with Crippen LogP contribution in [0.5, 0.6) is 5.75 Å². The average molecular weight is 491 g/mol. The van der Waals surface area contributed by atoms with E-state index in [0.717, 1.165) is 55.8 Å². The molecule has 33 heavy (non-hydrogen) atoms. The van der Waals surface area contributed by atoms with Crippen molar-refractivity contribution in [2.45, 2.75) is 44.6 Å². The zero-order valence-electron chi connectivity index (χ0n) is 19.7. The van der Waals surface area contributed by atoms with Crippen molar-refractivity contribution in [2.75, 3.05) is 26.0 Å². The average Bonchev–Trinajstić information content (AvgIpc) is 3.29. The molecular weight excluding hydrogens is 456 g/mol. The summed E-state index contributed by atoms with van der Waals surface area (Å²) in [6.07, 6.45) is 3.34. The van der Waals surface area contributed by atoms with Gasteiger partial charge >= 0.3 is 0 Å². The second-order valence-electron chi connectivity index (χ2n) is 8.03. The molecule has 0 atom stereocenters. The van der Waals surface area contributed by atoms with E-state index in [1.807, 2.05) is 12.1 Å². The number of rotatable bonds is 12. The molecule has 1 heterocycles. The number of hydrogen-bond donors (Lipinski definition) is 1. The molecule has 1 N–H and O–H groups in total. The van der Waals surface area contributed by atoms with Crippen molar-refractivity contribution in [3.8, 4) is 17.0 Å². The summed E-state index contributed by atoms with van der Waals surface area (Å²) >= 11 is 0. The monoisotopic (exact) mass is 490 g/mol. The first kappa shape index (κ1) is 27.0. The van der Waals surface area contributed by atoms with Gasteiger partial charge in [-0.2, -0.15) is 0 Å². The molecule has 0 unspecified atom stereocenters. The number of nitrogens with zero attached hydrogens (tertiary/aromatic N) is 1. The summed E-state index contributed by atoms with van der Waals surface area (Å²) in [6.45, 7) is 6.73. The first-order chi connectivity index (χ1) is 15.5. The molecule has 5 nitrogen and oxygen atoms in total. The Morgan fingerprint density at radius 2 is 1.73 bits per heavy atom. The van der Waals surface area contributed by atoms with E-state index in [1.165, 1.54) is 5.56 Å². The predicted octanol–water partition coefficient (Wildman–Crippen LogP) is 5.75. The van der Waals surface area contributed by atoms with Gasteiger partial charge in [-0.05, 0) is 55.3 Å². The van der Waals surface area contributed by atoms with Gasteiger partial charge in [0.2, 0.25) is 0 Å². The van der Waals surface area contributed by atoms with Gasteiger partial charge in [0.15, 0.2) is 9.84 Å². The molecule has 0 bridgehead atoms. The van der Waals surface area contributed by atoms with Crippen LogP contribution in [0.4, 0.5) is 0 Å². The van der Waals surface area contributed by atoms with Gasteiger partial charge in [0.05, 0.1) is 17.8 Å². The Morgan fingerprint density at radius 1 is 0.970 bits per heavy atom. The Balaban J connectivity index is 0.00000385. The highest BCUT2D eigenvalue weighted by atomic mass is 35.5. The van der Waals surface area contributed by atoms with Crippen LogP contribution in [-0.2, 0) is 22.8 Å². The molecule has 0 aliphatic heterocycles. The maximum absolute atomic E-state index is 12.4. The summed E-state index contributed by atoms with van der Waals surface area (Å²) < 4.78 is 30.2. The summed E-state index contributed by atoms with van der Waals surface area (Å²) in [6, 6.07) is 19.7. The summed E-state index contributed by atoms with van der Waals surface area (Å²) in [5.74, 6) is 0.725. The van der Waals surface area contributed by atoms with E-state index in [4.69, 9.17) is 4.74 Å². The molecule has 2 aromatic carbocycles. The lowest BCUT2D eigenvalue weighted by Crippen LogP contribution is -2.27. The Morgan fingerprint density at radius 3 is 2.39 bits per heavy atom. The van der Waals surface area contributed by atoms with Crippen LogP contribution >= 0.6 is 12.4 Å². The fourth-order valence-electron chi connectivity index (χ4n) is 3.77. The van der Waals surface area contributed by atoms with E-state index < -0.39 is 9.84 Å². The number of aromatic amines is 1. The molecule has 0 radical (unpaired) electrons. The van der Waals surface area contributed by atoms with Gasteiger partial charge < -0.3 is 9.72 Å². The highest BCUT2D eigenvalue weighted by Gasteiger charge is 2.17. The highest BCUT2D eigenvalue weighted by molar-refractivity contribution is 7.91. The van der Waals surface area contributed by atoms with Crippen molar-refractivity contribution in [3.05, 3.63) is 71.9 Å². The number of sulfone groups is 1. The molecule has 0 spiro atoms. The van der Waals surface area contributed by atoms with Crippen molar-refractivity contribution >= 4 is 22.2 Å². The van der Waals surface area contributed by atoms with E-state index in [-0.39, 0.29) is 18.2 Å². The summed E-state index contributed by atoms with van der Waals surface area (Å²) in [4.78, 5) is 6.28. The summed E-state index contributed by atoms with van der Waals surface area (Å²) in [5, 5.41) is 0. The molecule has 7 heteroatoms. The molecular formula is C26H35ClN2O3S. The van der Waals surface area contributed by atoms with Crippen LogP contribution in [0.25, 0.3) is 11.3 Å². The number of unbranched alkanes of at least 4 members (excludes halogenated alkanes) is 1. The number of benzene rings is 2. The maximum atomic E-state index is 12.4. The largest absolute Gasteiger partial charge is 0.496 e. The smallest absolute Gasteiger partial charge is 0.178 e. The summed E-state index contributed by atoms with van der Waals surface area (Å²) in [5.41, 5.74) is 4.08. The Bertz CT molecular complexity index is 1100. The molecule has 3 aromatic rings. The molecule has 0 fully saturated rings. The molecule has 3 rings (SSSR count). The number of methoxy groups -OCH3 is 1. The number of H-pyrrole nitrogens is 1. The van der Waals surface area contributed by atoms with Gasteiger partial charge in [-0.25, -0.2) is 8.42 Å². The lowest BCUT2D eigenvalue weighted by atomic mass is 10.1. The van der Waals surface area contributed by atoms with Gasteiger partial charge in [0.1, 0.15) is 5.75 Å². The van der Waals surface area contributed by atoms with Crippen LogP contribution in [0.15, 0.2) is 65.6 Å². The number of nitrogens with one attached hydrogen (secondary N) is 1. The van der Waals surface area contributed by atoms with Gasteiger partial charge in [-0.3, -0.25) is 4.90 Å². The van der Waals surface area contributed by atoms with Crippen molar-refractivity contribution in [3.63, 3.8) is 0 Å². The van der Waals surface area contributed by atoms with E-state index >= 15 is 0 Å². The minimum atomic E-state index is -3.29. The van der Waals surface area contributed by atoms with Crippen LogP contribution in [0.2, 0.25) is 0 Å². The third-order valence-electron chi connectivity index (χ3n) is 5.73. The lowest BCUT2D eigenvalue weighted by Gasteiger charge is -2.21. The maximum Gasteiger partial charge on any atom is 0.178 e. The van der Waals surface area contributed by atoms with Gasteiger partial charge in [0.25, 0.3) is 0 Å². The Labute approximate surface area is 204 Å². The molecule has 180 valence electrons. The fraction of sp³-hybridized carbons (Fsp3) is 0.385. The number of halogens is 1. The molecule has 0 amide bonds. The SMILES string of the molecule is CCCCN(CCc1ccccc1)Cc1ccc(-c2cc(S(=O)(=O)CC)ccc2OC)[nH]1.Cl. The number of aromatic nitrogens is 1. The van der Waals surface area contributed by atoms with Crippen LogP contribution in [-0.4, -0.2) is 44.3 Å². The molecule has 1 aromatic heterocycles. The topological polar surface area (TPSA) is 62.4 Å². The summed E-state index contributed by atoms with van der Waals surface area (Å²) in [7, 11) is -1.68. The quantitative estimate of drug-likeness (QED) is 0.351. The van der Waals surface area contributed by atoms with Crippen molar-refractivity contribution < 1.29 is 13.2 Å². The van der Waals surface area contributed by atoms with Crippen LogP contribution in [0, 0.1) is 0 Å². The van der Waals surface area contributed by atoms with Crippen LogP contribution < -0.4 is 4.74 Å². The van der Waals surface area contributed by atoms with Crippen LogP contribution in [0.3, 0.4) is 0 Å². The third-order valence-corrected chi connectivity index (χ3v) is 7.46. The van der Waals surface area contributed by atoms with Gasteiger partial charge in [-0.1, -0.05) is 50.6 Å². The van der Waals surface area contributed by atoms with E-state index in [1.54, 1.807) is 32.2 Å². The van der Waals surface area contributed by atoms with E-state index in [9.17, 15) is 8.42 Å². The molecule has 0 aliphatic rings. The van der Waals surface area contributed by atoms with E-state index in [2.05, 4.69) is 47.1 Å².